The highest BCUT2D eigenvalue weighted by molar-refractivity contribution is 6.53. The van der Waals surface area contributed by atoms with Gasteiger partial charge in [-0.2, -0.15) is 10.1 Å². The molecular weight excluding hydrogens is 715 g/mol. The lowest BCUT2D eigenvalue weighted by Gasteiger charge is -2.33. The van der Waals surface area contributed by atoms with E-state index in [-0.39, 0.29) is 22.1 Å². The maximum Gasteiger partial charge on any atom is 0.357 e. The number of aliphatic carboxylic acids is 1. The van der Waals surface area contributed by atoms with Gasteiger partial charge >= 0.3 is 5.97 Å². The zero-order valence-electron chi connectivity index (χ0n) is 33.7. The fourth-order valence-corrected chi connectivity index (χ4v) is 10.1. The molecule has 1 aliphatic heterocycles. The zero-order chi connectivity index (χ0) is 40.3. The van der Waals surface area contributed by atoms with Gasteiger partial charge in [-0.25, -0.2) is 4.79 Å². The van der Waals surface area contributed by atoms with Crippen LogP contribution in [0.5, 0.6) is 0 Å². The summed E-state index contributed by atoms with van der Waals surface area (Å²) in [6, 6.07) is 46.9. The van der Waals surface area contributed by atoms with Crippen molar-refractivity contribution in [1.29, 1.82) is 0 Å². The van der Waals surface area contributed by atoms with Gasteiger partial charge in [-0.3, -0.25) is 4.79 Å². The molecule has 0 saturated heterocycles. The van der Waals surface area contributed by atoms with E-state index in [2.05, 4.69) is 135 Å². The molecule has 0 radical (unpaired) electrons. The predicted octanol–water partition coefficient (Wildman–Crippen LogP) is 12.5. The number of amides is 1. The highest BCUT2D eigenvalue weighted by Gasteiger charge is 2.42. The molecule has 1 N–H and O–H groups in total. The van der Waals surface area contributed by atoms with Crippen molar-refractivity contribution >= 4 is 46.4 Å². The average molecular weight is 762 g/mol. The Morgan fingerprint density at radius 2 is 1.09 bits per heavy atom. The lowest BCUT2D eigenvalue weighted by Crippen LogP contribution is -2.24. The number of hydrogen-bond donors (Lipinski definition) is 1. The molecule has 58 heavy (non-hydrogen) atoms. The molecule has 0 unspecified atom stereocenters. The van der Waals surface area contributed by atoms with Gasteiger partial charge < -0.3 is 10.0 Å². The van der Waals surface area contributed by atoms with Crippen LogP contribution in [-0.2, 0) is 20.4 Å². The number of nitrogens with zero attached hydrogens (tertiary/aromatic N) is 3. The Morgan fingerprint density at radius 1 is 0.621 bits per heavy atom. The Labute approximate surface area is 340 Å². The van der Waals surface area contributed by atoms with Crippen molar-refractivity contribution in [3.05, 3.63) is 172 Å². The van der Waals surface area contributed by atoms with Crippen LogP contribution in [0.15, 0.2) is 144 Å². The largest absolute Gasteiger partial charge is 0.476 e. The molecule has 0 spiro atoms. The minimum atomic E-state index is -1.25. The summed E-state index contributed by atoms with van der Waals surface area (Å²) in [5.41, 5.74) is 15.6. The van der Waals surface area contributed by atoms with E-state index in [4.69, 9.17) is 0 Å². The summed E-state index contributed by atoms with van der Waals surface area (Å²) in [7, 11) is 0. The first kappa shape index (κ1) is 37.1. The van der Waals surface area contributed by atoms with Crippen LogP contribution >= 0.6 is 0 Å². The van der Waals surface area contributed by atoms with Crippen LogP contribution in [0.2, 0.25) is 0 Å². The first-order valence-corrected chi connectivity index (χ1v) is 20.5. The second-order valence-corrected chi connectivity index (χ2v) is 15.8. The average Bonchev–Trinajstić information content (AvgIpc) is 3.84. The number of hydrazone groups is 1. The number of benzene rings is 6. The van der Waals surface area contributed by atoms with Crippen LogP contribution in [-0.4, -0.2) is 22.7 Å². The van der Waals surface area contributed by atoms with Crippen LogP contribution < -0.4 is 9.91 Å². The summed E-state index contributed by atoms with van der Waals surface area (Å²) >= 11 is 0. The van der Waals surface area contributed by atoms with Crippen molar-refractivity contribution in [3.8, 4) is 22.3 Å². The Hall–Kier alpha value is -6.53. The number of fused-ring (bicyclic) bond motifs is 6. The van der Waals surface area contributed by atoms with E-state index in [0.29, 0.717) is 11.3 Å². The van der Waals surface area contributed by atoms with Crippen LogP contribution in [0.25, 0.3) is 28.3 Å². The van der Waals surface area contributed by atoms with E-state index in [0.717, 1.165) is 48.3 Å². The zero-order valence-corrected chi connectivity index (χ0v) is 33.7. The van der Waals surface area contributed by atoms with Crippen LogP contribution in [0.3, 0.4) is 0 Å². The molecule has 1 heterocycles. The first-order valence-electron chi connectivity index (χ1n) is 20.5. The minimum absolute atomic E-state index is 0.0417. The smallest absolute Gasteiger partial charge is 0.357 e. The summed E-state index contributed by atoms with van der Waals surface area (Å²) in [6.45, 7) is 11.2. The Balaban J connectivity index is 1.17. The van der Waals surface area contributed by atoms with E-state index >= 15 is 0 Å². The van der Waals surface area contributed by atoms with Gasteiger partial charge in [0, 0.05) is 27.9 Å². The highest BCUT2D eigenvalue weighted by Crippen LogP contribution is 2.56. The molecule has 2 aliphatic carbocycles. The SMILES string of the molecule is CCC1(CC)c2ccccc2-c2ccc(N(c3ccc(/C=C4\C(=O)N(c5ccc(C)cc5)N=C4C(=O)O)cc3)c3ccc4c(c3)C(CC)(CC)c3ccccc3-4)cc21. The van der Waals surface area contributed by atoms with Gasteiger partial charge in [-0.05, 0) is 137 Å². The molecule has 9 rings (SSSR count). The minimum Gasteiger partial charge on any atom is -0.476 e. The van der Waals surface area contributed by atoms with Crippen LogP contribution in [0.1, 0.15) is 86.8 Å². The normalized spacial score (nSPS) is 16.2. The Bertz CT molecular complexity index is 2570. The third-order valence-electron chi connectivity index (χ3n) is 13.3. The number of carboxylic acid groups (broad SMARTS) is 1. The van der Waals surface area contributed by atoms with Crippen molar-refractivity contribution in [2.24, 2.45) is 5.10 Å². The summed E-state index contributed by atoms with van der Waals surface area (Å²) in [4.78, 5) is 28.4. The number of aryl methyl sites for hydroxylation is 1. The molecule has 6 aromatic carbocycles. The van der Waals surface area contributed by atoms with E-state index in [9.17, 15) is 14.7 Å². The van der Waals surface area contributed by atoms with Crippen molar-refractivity contribution in [1.82, 2.24) is 0 Å². The van der Waals surface area contributed by atoms with Crippen LogP contribution in [0, 0.1) is 6.92 Å². The molecule has 0 aromatic heterocycles. The number of hydrogen-bond acceptors (Lipinski definition) is 4. The summed E-state index contributed by atoms with van der Waals surface area (Å²) in [6.07, 6.45) is 5.61. The monoisotopic (exact) mass is 761 g/mol. The van der Waals surface area contributed by atoms with E-state index < -0.39 is 11.9 Å². The molecule has 6 aromatic rings. The third kappa shape index (κ3) is 5.49. The van der Waals surface area contributed by atoms with Crippen molar-refractivity contribution < 1.29 is 14.7 Å². The molecule has 288 valence electrons. The van der Waals surface area contributed by atoms with Crippen LogP contribution in [0.4, 0.5) is 22.7 Å². The maximum atomic E-state index is 13.7. The standard InChI is InChI=1S/C52H47N3O3/c1-6-51(7-2)44-16-12-10-14-39(44)41-28-26-37(31-46(41)51)54(38-27-29-42-40-15-11-13-17-45(40)52(8-3,9-4)47(42)32-38)35-24-20-34(21-25-35)30-43-48(50(57)58)53-55(49(43)56)36-22-18-33(5)19-23-36/h10-32H,6-9H2,1-5H3,(H,57,58)/b43-30-. The van der Waals surface area contributed by atoms with Gasteiger partial charge in [0.05, 0.1) is 11.3 Å². The fourth-order valence-electron chi connectivity index (χ4n) is 10.1. The van der Waals surface area contributed by atoms with Crippen molar-refractivity contribution in [2.75, 3.05) is 9.91 Å². The number of carbonyl (C=O) groups is 2. The van der Waals surface area contributed by atoms with Gasteiger partial charge in [-0.1, -0.05) is 118 Å². The predicted molar refractivity (Wildman–Crippen MR) is 236 cm³/mol. The Morgan fingerprint density at radius 3 is 1.57 bits per heavy atom. The van der Waals surface area contributed by atoms with Gasteiger partial charge in [0.2, 0.25) is 0 Å². The molecule has 6 heteroatoms. The topological polar surface area (TPSA) is 73.2 Å². The van der Waals surface area contributed by atoms with E-state index in [1.165, 1.54) is 49.5 Å². The summed E-state index contributed by atoms with van der Waals surface area (Å²) < 4.78 is 0. The molecule has 6 nitrogen and oxygen atoms in total. The molecule has 1 amide bonds. The number of carboxylic acids is 1. The van der Waals surface area contributed by atoms with E-state index in [1.54, 1.807) is 18.2 Å². The summed E-state index contributed by atoms with van der Waals surface area (Å²) in [5, 5.41) is 15.5. The van der Waals surface area contributed by atoms with E-state index in [1.807, 2.05) is 31.2 Å². The quantitative estimate of drug-likeness (QED) is 0.141. The highest BCUT2D eigenvalue weighted by atomic mass is 16.4. The summed E-state index contributed by atoms with van der Waals surface area (Å²) in [5.74, 6) is -1.73. The number of carbonyl (C=O) groups excluding carboxylic acids is 1. The van der Waals surface area contributed by atoms with Crippen molar-refractivity contribution in [2.45, 2.75) is 71.1 Å². The van der Waals surface area contributed by atoms with Gasteiger partial charge in [0.25, 0.3) is 5.91 Å². The fraction of sp³-hybridized carbons (Fsp3) is 0.212. The molecular formula is C52H47N3O3. The lowest BCUT2D eigenvalue weighted by molar-refractivity contribution is -0.129. The third-order valence-corrected chi connectivity index (χ3v) is 13.3. The van der Waals surface area contributed by atoms with Crippen molar-refractivity contribution in [3.63, 3.8) is 0 Å². The molecule has 3 aliphatic rings. The second kappa shape index (κ2) is 14.1. The number of anilines is 4. The molecule has 0 saturated carbocycles. The maximum absolute atomic E-state index is 13.7. The Kier molecular flexibility index (Phi) is 9.04. The lowest BCUT2D eigenvalue weighted by atomic mass is 9.73. The van der Waals surface area contributed by atoms with Gasteiger partial charge in [-0.15, -0.1) is 0 Å². The molecule has 0 atom stereocenters. The number of rotatable bonds is 10. The molecule has 0 bridgehead atoms. The molecule has 0 fully saturated rings. The van der Waals surface area contributed by atoms with Gasteiger partial charge in [0.15, 0.2) is 5.71 Å². The second-order valence-electron chi connectivity index (χ2n) is 15.8. The first-order chi connectivity index (χ1) is 28.2. The van der Waals surface area contributed by atoms with Gasteiger partial charge in [0.1, 0.15) is 0 Å².